The van der Waals surface area contributed by atoms with Crippen LogP contribution in [0.2, 0.25) is 0 Å². The number of nitrogens with zero attached hydrogens (tertiary/aromatic N) is 1. The number of carbonyl (C=O) groups is 1. The molecule has 0 aromatic heterocycles. The Labute approximate surface area is 143 Å². The van der Waals surface area contributed by atoms with Gasteiger partial charge >= 0.3 is 5.97 Å². The third kappa shape index (κ3) is 3.09. The molecule has 1 aliphatic heterocycles. The molecule has 24 heavy (non-hydrogen) atoms. The van der Waals surface area contributed by atoms with Crippen molar-refractivity contribution in [1.82, 2.24) is 0 Å². The van der Waals surface area contributed by atoms with E-state index in [0.717, 1.165) is 24.3 Å². The number of rotatable bonds is 4. The van der Waals surface area contributed by atoms with Crippen LogP contribution < -0.4 is 10.2 Å². The zero-order valence-corrected chi connectivity index (χ0v) is 14.4. The van der Waals surface area contributed by atoms with E-state index in [4.69, 9.17) is 5.11 Å². The summed E-state index contributed by atoms with van der Waals surface area (Å²) in [6.45, 7) is 8.40. The Hall–Kier alpha value is -2.49. The largest absolute Gasteiger partial charge is 0.478 e. The van der Waals surface area contributed by atoms with Crippen molar-refractivity contribution in [2.45, 2.75) is 32.9 Å². The molecule has 3 rings (SSSR count). The van der Waals surface area contributed by atoms with Crippen molar-refractivity contribution >= 4 is 17.3 Å². The zero-order valence-electron chi connectivity index (χ0n) is 14.4. The molecule has 2 aromatic rings. The highest BCUT2D eigenvalue weighted by molar-refractivity contribution is 5.87. The van der Waals surface area contributed by atoms with E-state index in [1.807, 2.05) is 12.1 Å². The maximum absolute atomic E-state index is 11.0. The SMILES string of the molecule is CC(C)C1(C)CN(Cc2ccc(C(=O)O)cc2)c2ccccc2N1. The highest BCUT2D eigenvalue weighted by Crippen LogP contribution is 2.38. The standard InChI is InChI=1S/C20H24N2O2/c1-14(2)20(3)13-22(18-7-5-4-6-17(18)21-20)12-15-8-10-16(11-9-15)19(23)24/h4-11,14,21H,12-13H2,1-3H3,(H,23,24). The quantitative estimate of drug-likeness (QED) is 0.883. The van der Waals surface area contributed by atoms with Crippen molar-refractivity contribution in [2.75, 3.05) is 16.8 Å². The van der Waals surface area contributed by atoms with Crippen molar-refractivity contribution in [2.24, 2.45) is 5.92 Å². The number of aromatic carboxylic acids is 1. The van der Waals surface area contributed by atoms with Gasteiger partial charge in [0.25, 0.3) is 0 Å². The molecule has 4 nitrogen and oxygen atoms in total. The minimum atomic E-state index is -0.888. The van der Waals surface area contributed by atoms with Gasteiger partial charge in [-0.15, -0.1) is 0 Å². The van der Waals surface area contributed by atoms with E-state index in [0.29, 0.717) is 11.5 Å². The summed E-state index contributed by atoms with van der Waals surface area (Å²) in [7, 11) is 0. The normalized spacial score (nSPS) is 19.8. The van der Waals surface area contributed by atoms with E-state index in [2.05, 4.69) is 55.3 Å². The Kier molecular flexibility index (Phi) is 4.22. The number of carboxylic acids is 1. The van der Waals surface area contributed by atoms with E-state index in [9.17, 15) is 4.79 Å². The van der Waals surface area contributed by atoms with Gasteiger partial charge in [-0.05, 0) is 42.7 Å². The van der Waals surface area contributed by atoms with Crippen molar-refractivity contribution in [3.63, 3.8) is 0 Å². The average Bonchev–Trinajstić information content (AvgIpc) is 2.55. The molecule has 2 aromatic carbocycles. The van der Waals surface area contributed by atoms with Gasteiger partial charge in [-0.2, -0.15) is 0 Å². The summed E-state index contributed by atoms with van der Waals surface area (Å²) < 4.78 is 0. The fourth-order valence-electron chi connectivity index (χ4n) is 3.13. The lowest BCUT2D eigenvalue weighted by molar-refractivity contribution is 0.0697. The van der Waals surface area contributed by atoms with Crippen molar-refractivity contribution in [3.05, 3.63) is 59.7 Å². The smallest absolute Gasteiger partial charge is 0.335 e. The number of para-hydroxylation sites is 2. The Morgan fingerprint density at radius 2 is 1.88 bits per heavy atom. The Bertz CT molecular complexity index is 740. The second-order valence-electron chi connectivity index (χ2n) is 7.07. The van der Waals surface area contributed by atoms with Crippen LogP contribution in [0.15, 0.2) is 48.5 Å². The van der Waals surface area contributed by atoms with Crippen LogP contribution >= 0.6 is 0 Å². The van der Waals surface area contributed by atoms with Gasteiger partial charge in [0.2, 0.25) is 0 Å². The van der Waals surface area contributed by atoms with E-state index in [1.54, 1.807) is 12.1 Å². The van der Waals surface area contributed by atoms with E-state index in [-0.39, 0.29) is 5.54 Å². The van der Waals surface area contributed by atoms with E-state index in [1.165, 1.54) is 5.69 Å². The first-order chi connectivity index (χ1) is 11.4. The molecule has 0 amide bonds. The van der Waals surface area contributed by atoms with Gasteiger partial charge in [0.1, 0.15) is 0 Å². The van der Waals surface area contributed by atoms with Crippen LogP contribution in [0, 0.1) is 5.92 Å². The van der Waals surface area contributed by atoms with Crippen LogP contribution in [0.25, 0.3) is 0 Å². The van der Waals surface area contributed by atoms with Crippen LogP contribution in [0.4, 0.5) is 11.4 Å². The molecule has 2 N–H and O–H groups in total. The van der Waals surface area contributed by atoms with Gasteiger partial charge in [-0.1, -0.05) is 38.1 Å². The summed E-state index contributed by atoms with van der Waals surface area (Å²) in [5.74, 6) is -0.399. The third-order valence-electron chi connectivity index (χ3n) is 5.03. The summed E-state index contributed by atoms with van der Waals surface area (Å²) in [5.41, 5.74) is 3.78. The maximum Gasteiger partial charge on any atom is 0.335 e. The minimum Gasteiger partial charge on any atom is -0.478 e. The molecule has 0 spiro atoms. The molecule has 0 saturated heterocycles. The van der Waals surface area contributed by atoms with Gasteiger partial charge in [0.15, 0.2) is 0 Å². The number of anilines is 2. The first kappa shape index (κ1) is 16.4. The average molecular weight is 324 g/mol. The fourth-order valence-corrected chi connectivity index (χ4v) is 3.13. The highest BCUT2D eigenvalue weighted by Gasteiger charge is 2.35. The fraction of sp³-hybridized carbons (Fsp3) is 0.350. The number of hydrogen-bond donors (Lipinski definition) is 2. The minimum absolute atomic E-state index is 0.00460. The molecule has 0 bridgehead atoms. The summed E-state index contributed by atoms with van der Waals surface area (Å²) in [6, 6.07) is 15.5. The van der Waals surface area contributed by atoms with Crippen LogP contribution in [-0.2, 0) is 6.54 Å². The molecule has 1 unspecified atom stereocenters. The molecule has 1 aliphatic rings. The van der Waals surface area contributed by atoms with E-state index < -0.39 is 5.97 Å². The molecule has 4 heteroatoms. The summed E-state index contributed by atoms with van der Waals surface area (Å²) >= 11 is 0. The van der Waals surface area contributed by atoms with Crippen LogP contribution in [0.1, 0.15) is 36.7 Å². The Morgan fingerprint density at radius 3 is 2.50 bits per heavy atom. The lowest BCUT2D eigenvalue weighted by Gasteiger charge is -2.46. The molecule has 1 atom stereocenters. The van der Waals surface area contributed by atoms with Crippen molar-refractivity contribution < 1.29 is 9.90 Å². The zero-order chi connectivity index (χ0) is 17.3. The topological polar surface area (TPSA) is 52.6 Å². The molecule has 0 radical (unpaired) electrons. The summed E-state index contributed by atoms with van der Waals surface area (Å²) in [6.07, 6.45) is 0. The summed E-state index contributed by atoms with van der Waals surface area (Å²) in [5, 5.41) is 12.7. The molecule has 0 aliphatic carbocycles. The van der Waals surface area contributed by atoms with Crippen molar-refractivity contribution in [1.29, 1.82) is 0 Å². The molecule has 1 heterocycles. The number of fused-ring (bicyclic) bond motifs is 1. The second kappa shape index (κ2) is 6.19. The molecule has 126 valence electrons. The molecule has 0 saturated carbocycles. The monoisotopic (exact) mass is 324 g/mol. The third-order valence-corrected chi connectivity index (χ3v) is 5.03. The highest BCUT2D eigenvalue weighted by atomic mass is 16.4. The number of carboxylic acid groups (broad SMARTS) is 1. The van der Waals surface area contributed by atoms with Crippen molar-refractivity contribution in [3.8, 4) is 0 Å². The Balaban J connectivity index is 1.89. The summed E-state index contributed by atoms with van der Waals surface area (Å²) in [4.78, 5) is 13.4. The molecular formula is C20H24N2O2. The maximum atomic E-state index is 11.0. The number of nitrogens with one attached hydrogen (secondary N) is 1. The van der Waals surface area contributed by atoms with Crippen LogP contribution in [-0.4, -0.2) is 23.2 Å². The lowest BCUT2D eigenvalue weighted by atomic mass is 9.85. The first-order valence-corrected chi connectivity index (χ1v) is 8.33. The number of hydrogen-bond acceptors (Lipinski definition) is 3. The second-order valence-corrected chi connectivity index (χ2v) is 7.07. The Morgan fingerprint density at radius 1 is 1.21 bits per heavy atom. The van der Waals surface area contributed by atoms with Gasteiger partial charge in [-0.3, -0.25) is 0 Å². The van der Waals surface area contributed by atoms with Crippen LogP contribution in [0.5, 0.6) is 0 Å². The van der Waals surface area contributed by atoms with Crippen LogP contribution in [0.3, 0.4) is 0 Å². The van der Waals surface area contributed by atoms with Gasteiger partial charge in [0, 0.05) is 13.1 Å². The van der Waals surface area contributed by atoms with E-state index >= 15 is 0 Å². The lowest BCUT2D eigenvalue weighted by Crippen LogP contribution is -2.53. The number of benzene rings is 2. The first-order valence-electron chi connectivity index (χ1n) is 8.33. The van der Waals surface area contributed by atoms with Gasteiger partial charge in [-0.25, -0.2) is 4.79 Å². The predicted octanol–water partition coefficient (Wildman–Crippen LogP) is 4.23. The molecular weight excluding hydrogens is 300 g/mol. The van der Waals surface area contributed by atoms with Gasteiger partial charge in [0.05, 0.1) is 22.5 Å². The predicted molar refractivity (Wildman–Crippen MR) is 97.8 cm³/mol. The molecule has 0 fully saturated rings. The van der Waals surface area contributed by atoms with Gasteiger partial charge < -0.3 is 15.3 Å².